The SMILES string of the molecule is CCCC(C)C1CC2CCC1(C(=O)NS(=O)(=O)c1ccc(Cl)cc1)CC2. The number of rotatable bonds is 6. The Bertz CT molecular complexity index is 752. The van der Waals surface area contributed by atoms with Gasteiger partial charge < -0.3 is 0 Å². The van der Waals surface area contributed by atoms with Crippen molar-refractivity contribution >= 4 is 27.5 Å². The van der Waals surface area contributed by atoms with E-state index in [1.807, 2.05) is 0 Å². The minimum Gasteiger partial charge on any atom is -0.273 e. The third-order valence-electron chi connectivity index (χ3n) is 6.53. The molecule has 144 valence electrons. The third kappa shape index (κ3) is 3.65. The average Bonchev–Trinajstić information content (AvgIpc) is 2.62. The third-order valence-corrected chi connectivity index (χ3v) is 8.13. The largest absolute Gasteiger partial charge is 0.273 e. The van der Waals surface area contributed by atoms with Crippen LogP contribution in [0.5, 0.6) is 0 Å². The Morgan fingerprint density at radius 3 is 2.46 bits per heavy atom. The maximum atomic E-state index is 13.2. The Balaban J connectivity index is 1.85. The van der Waals surface area contributed by atoms with Gasteiger partial charge in [-0.25, -0.2) is 13.1 Å². The number of halogens is 1. The van der Waals surface area contributed by atoms with Crippen molar-refractivity contribution < 1.29 is 13.2 Å². The molecular weight excluding hydrogens is 370 g/mol. The molecule has 0 saturated heterocycles. The zero-order chi connectivity index (χ0) is 18.9. The summed E-state index contributed by atoms with van der Waals surface area (Å²) in [6, 6.07) is 5.92. The van der Waals surface area contributed by atoms with E-state index in [4.69, 9.17) is 11.6 Å². The molecule has 4 nitrogen and oxygen atoms in total. The van der Waals surface area contributed by atoms with E-state index < -0.39 is 15.4 Å². The van der Waals surface area contributed by atoms with Crippen LogP contribution in [0.15, 0.2) is 29.2 Å². The molecule has 2 unspecified atom stereocenters. The molecule has 3 saturated carbocycles. The monoisotopic (exact) mass is 397 g/mol. The molecule has 4 rings (SSSR count). The highest BCUT2D eigenvalue weighted by atomic mass is 35.5. The number of sulfonamides is 1. The molecule has 3 aliphatic rings. The second-order valence-electron chi connectivity index (χ2n) is 8.10. The number of benzene rings is 1. The van der Waals surface area contributed by atoms with Crippen molar-refractivity contribution in [1.29, 1.82) is 0 Å². The predicted octanol–water partition coefficient (Wildman–Crippen LogP) is 4.78. The van der Waals surface area contributed by atoms with Gasteiger partial charge in [-0.15, -0.1) is 0 Å². The summed E-state index contributed by atoms with van der Waals surface area (Å²) in [5.74, 6) is 1.10. The summed E-state index contributed by atoms with van der Waals surface area (Å²) < 4.78 is 27.8. The van der Waals surface area contributed by atoms with Gasteiger partial charge in [0, 0.05) is 5.02 Å². The van der Waals surface area contributed by atoms with Crippen LogP contribution in [0.4, 0.5) is 0 Å². The quantitative estimate of drug-likeness (QED) is 0.751. The zero-order valence-corrected chi connectivity index (χ0v) is 17.1. The molecule has 26 heavy (non-hydrogen) atoms. The Morgan fingerprint density at radius 2 is 1.88 bits per heavy atom. The first-order chi connectivity index (χ1) is 12.3. The fourth-order valence-electron chi connectivity index (χ4n) is 5.11. The minimum absolute atomic E-state index is 0.0781. The predicted molar refractivity (Wildman–Crippen MR) is 103 cm³/mol. The van der Waals surface area contributed by atoms with E-state index >= 15 is 0 Å². The van der Waals surface area contributed by atoms with E-state index in [1.165, 1.54) is 24.3 Å². The Hall–Kier alpha value is -1.07. The lowest BCUT2D eigenvalue weighted by Gasteiger charge is -2.53. The molecule has 1 N–H and O–H groups in total. The minimum atomic E-state index is -3.88. The summed E-state index contributed by atoms with van der Waals surface area (Å²) in [7, 11) is -3.88. The molecule has 1 aromatic rings. The Labute approximate surface area is 161 Å². The topological polar surface area (TPSA) is 63.2 Å². The highest BCUT2D eigenvalue weighted by Gasteiger charge is 2.54. The first-order valence-corrected chi connectivity index (χ1v) is 11.5. The Kier molecular flexibility index (Phi) is 5.69. The standard InChI is InChI=1S/C20H28ClNO3S/c1-3-4-14(2)18-13-15-9-11-20(18,12-10-15)19(23)22-26(24,25)17-7-5-16(21)6-8-17/h5-8,14-15,18H,3-4,9-13H2,1-2H3,(H,22,23). The van der Waals surface area contributed by atoms with E-state index in [0.29, 0.717) is 16.9 Å². The van der Waals surface area contributed by atoms with Crippen LogP contribution in [0.3, 0.4) is 0 Å². The summed E-state index contributed by atoms with van der Waals surface area (Å²) in [6.45, 7) is 4.38. The van der Waals surface area contributed by atoms with E-state index in [2.05, 4.69) is 18.6 Å². The van der Waals surface area contributed by atoms with Crippen LogP contribution < -0.4 is 4.72 Å². The molecule has 0 radical (unpaired) electrons. The molecule has 0 spiro atoms. The van der Waals surface area contributed by atoms with Gasteiger partial charge in [0.2, 0.25) is 5.91 Å². The van der Waals surface area contributed by atoms with Crippen LogP contribution in [0.25, 0.3) is 0 Å². The highest BCUT2D eigenvalue weighted by Crippen LogP contribution is 2.57. The van der Waals surface area contributed by atoms with Gasteiger partial charge in [-0.3, -0.25) is 4.79 Å². The fourth-order valence-corrected chi connectivity index (χ4v) is 6.29. The van der Waals surface area contributed by atoms with Crippen molar-refractivity contribution in [3.63, 3.8) is 0 Å². The van der Waals surface area contributed by atoms with Crippen molar-refractivity contribution in [1.82, 2.24) is 4.72 Å². The van der Waals surface area contributed by atoms with Crippen LogP contribution >= 0.6 is 11.6 Å². The van der Waals surface area contributed by atoms with Crippen molar-refractivity contribution in [2.75, 3.05) is 0 Å². The average molecular weight is 398 g/mol. The molecule has 2 atom stereocenters. The molecule has 2 bridgehead atoms. The van der Waals surface area contributed by atoms with Crippen LogP contribution in [0.1, 0.15) is 58.8 Å². The number of carbonyl (C=O) groups is 1. The molecule has 0 aliphatic heterocycles. The maximum Gasteiger partial charge on any atom is 0.264 e. The first-order valence-electron chi connectivity index (χ1n) is 9.61. The number of amides is 1. The summed E-state index contributed by atoms with van der Waals surface area (Å²) in [5.41, 5.74) is -0.539. The van der Waals surface area contributed by atoms with Crippen LogP contribution in [0.2, 0.25) is 5.02 Å². The number of hydrogen-bond acceptors (Lipinski definition) is 3. The van der Waals surface area contributed by atoms with Gasteiger partial charge in [-0.1, -0.05) is 38.3 Å². The van der Waals surface area contributed by atoms with Gasteiger partial charge in [0.1, 0.15) is 0 Å². The van der Waals surface area contributed by atoms with Crippen molar-refractivity contribution in [2.24, 2.45) is 23.2 Å². The maximum absolute atomic E-state index is 13.2. The van der Waals surface area contributed by atoms with Gasteiger partial charge in [0.05, 0.1) is 10.3 Å². The zero-order valence-electron chi connectivity index (χ0n) is 15.5. The van der Waals surface area contributed by atoms with Crippen LogP contribution in [-0.2, 0) is 14.8 Å². The van der Waals surface area contributed by atoms with Crippen molar-refractivity contribution in [2.45, 2.75) is 63.7 Å². The van der Waals surface area contributed by atoms with E-state index in [-0.39, 0.29) is 16.7 Å². The van der Waals surface area contributed by atoms with Gasteiger partial charge in [0.25, 0.3) is 10.0 Å². The number of carbonyl (C=O) groups excluding carboxylic acids is 1. The second-order valence-corrected chi connectivity index (χ2v) is 10.2. The van der Waals surface area contributed by atoms with Gasteiger partial charge in [0.15, 0.2) is 0 Å². The molecule has 3 aliphatic carbocycles. The van der Waals surface area contributed by atoms with Crippen molar-refractivity contribution in [3.8, 4) is 0 Å². The molecule has 0 aromatic heterocycles. The molecule has 1 aromatic carbocycles. The van der Waals surface area contributed by atoms with Crippen molar-refractivity contribution in [3.05, 3.63) is 29.3 Å². The second kappa shape index (κ2) is 7.51. The molecule has 1 amide bonds. The summed E-state index contributed by atoms with van der Waals surface area (Å²) in [6.07, 6.45) is 6.89. The molecule has 3 fully saturated rings. The normalized spacial score (nSPS) is 29.3. The smallest absolute Gasteiger partial charge is 0.264 e. The number of nitrogens with one attached hydrogen (secondary N) is 1. The van der Waals surface area contributed by atoms with E-state index in [0.717, 1.165) is 44.9 Å². The lowest BCUT2D eigenvalue weighted by atomic mass is 9.51. The lowest BCUT2D eigenvalue weighted by Crippen LogP contribution is -2.54. The summed E-state index contributed by atoms with van der Waals surface area (Å²) in [5, 5.41) is 0.466. The van der Waals surface area contributed by atoms with Crippen LogP contribution in [0, 0.1) is 23.2 Å². The Morgan fingerprint density at radius 1 is 1.27 bits per heavy atom. The molecular formula is C20H28ClNO3S. The number of hydrogen-bond donors (Lipinski definition) is 1. The lowest BCUT2D eigenvalue weighted by molar-refractivity contribution is -0.144. The first kappa shape index (κ1) is 19.7. The van der Waals surface area contributed by atoms with Crippen LogP contribution in [-0.4, -0.2) is 14.3 Å². The number of fused-ring (bicyclic) bond motifs is 3. The van der Waals surface area contributed by atoms with Gasteiger partial charge >= 0.3 is 0 Å². The fraction of sp³-hybridized carbons (Fsp3) is 0.650. The highest BCUT2D eigenvalue weighted by molar-refractivity contribution is 7.90. The molecule has 0 heterocycles. The summed E-state index contributed by atoms with van der Waals surface area (Å²) in [4.78, 5) is 13.3. The molecule has 6 heteroatoms. The van der Waals surface area contributed by atoms with Gasteiger partial charge in [-0.2, -0.15) is 0 Å². The summed E-state index contributed by atoms with van der Waals surface area (Å²) >= 11 is 5.84. The van der Waals surface area contributed by atoms with E-state index in [1.54, 1.807) is 0 Å². The van der Waals surface area contributed by atoms with Gasteiger partial charge in [-0.05, 0) is 74.1 Å². The van der Waals surface area contributed by atoms with E-state index in [9.17, 15) is 13.2 Å².